The van der Waals surface area contributed by atoms with Gasteiger partial charge in [0.2, 0.25) is 0 Å². The number of non-ortho nitro benzene ring substituents is 1. The molecular weight excluding hydrogens is 481 g/mol. The van der Waals surface area contributed by atoms with Gasteiger partial charge >= 0.3 is 0 Å². The van der Waals surface area contributed by atoms with Crippen LogP contribution in [0.2, 0.25) is 0 Å². The maximum absolute atomic E-state index is 10.8. The first-order valence-corrected chi connectivity index (χ1v) is 9.64. The predicted octanol–water partition coefficient (Wildman–Crippen LogP) is 3.71. The van der Waals surface area contributed by atoms with Crippen LogP contribution in [-0.2, 0) is 6.54 Å². The molecule has 0 aliphatic carbocycles. The fourth-order valence-electron chi connectivity index (χ4n) is 3.52. The molecule has 1 heterocycles. The zero-order chi connectivity index (χ0) is 19.8. The molecule has 29 heavy (non-hydrogen) atoms. The molecule has 0 saturated carbocycles. The summed E-state index contributed by atoms with van der Waals surface area (Å²) in [5.74, 6) is 0.721. The molecule has 2 aromatic carbocycles. The summed E-state index contributed by atoms with van der Waals surface area (Å²) in [4.78, 5) is 17.2. The Bertz CT molecular complexity index is 792. The van der Waals surface area contributed by atoms with E-state index in [0.29, 0.717) is 12.6 Å². The van der Waals surface area contributed by atoms with Crippen LogP contribution in [0.15, 0.2) is 59.6 Å². The third-order valence-corrected chi connectivity index (χ3v) is 5.06. The Morgan fingerprint density at radius 1 is 1.10 bits per heavy atom. The van der Waals surface area contributed by atoms with Crippen LogP contribution in [0.5, 0.6) is 0 Å². The number of rotatable bonds is 7. The zero-order valence-corrected chi connectivity index (χ0v) is 18.9. The van der Waals surface area contributed by atoms with Crippen molar-refractivity contribution in [3.05, 3.63) is 75.8 Å². The maximum Gasteiger partial charge on any atom is 0.269 e. The van der Waals surface area contributed by atoms with Gasteiger partial charge in [-0.15, -0.1) is 24.0 Å². The summed E-state index contributed by atoms with van der Waals surface area (Å²) in [5.41, 5.74) is 2.37. The van der Waals surface area contributed by atoms with Gasteiger partial charge in [0, 0.05) is 32.3 Å². The zero-order valence-electron chi connectivity index (χ0n) is 16.6. The summed E-state index contributed by atoms with van der Waals surface area (Å²) in [5, 5.41) is 17.5. The van der Waals surface area contributed by atoms with Gasteiger partial charge in [-0.1, -0.05) is 42.5 Å². The molecule has 2 N–H and O–H groups in total. The summed E-state index contributed by atoms with van der Waals surface area (Å²) in [6.45, 7) is 3.56. The van der Waals surface area contributed by atoms with Crippen LogP contribution >= 0.6 is 24.0 Å². The highest BCUT2D eigenvalue weighted by atomic mass is 127. The van der Waals surface area contributed by atoms with Crippen molar-refractivity contribution in [3.63, 3.8) is 0 Å². The number of nitrogens with one attached hydrogen (secondary N) is 2. The van der Waals surface area contributed by atoms with E-state index in [4.69, 9.17) is 0 Å². The standard InChI is InChI=1S/C21H27N5O2.HI/c1-22-21(23-15-17-9-11-19(12-10-17)26(27)28)24-16-20(25-13-5-6-14-25)18-7-3-2-4-8-18;/h2-4,7-12,20H,5-6,13-16H2,1H3,(H2,22,23,24);1H. The first-order chi connectivity index (χ1) is 13.7. The molecule has 0 spiro atoms. The SMILES string of the molecule is CN=C(NCc1ccc([N+](=O)[O-])cc1)NCC(c1ccccc1)N1CCCC1.I. The molecule has 0 amide bonds. The normalized spacial score (nSPS) is 15.4. The van der Waals surface area contributed by atoms with Gasteiger partial charge in [0.1, 0.15) is 0 Å². The molecule has 156 valence electrons. The summed E-state index contributed by atoms with van der Waals surface area (Å²) in [6.07, 6.45) is 2.49. The Morgan fingerprint density at radius 3 is 2.34 bits per heavy atom. The Kier molecular flexibility index (Phi) is 9.33. The van der Waals surface area contributed by atoms with Crippen LogP contribution in [0.4, 0.5) is 5.69 Å². The number of hydrogen-bond acceptors (Lipinski definition) is 4. The molecule has 1 atom stereocenters. The first kappa shape index (κ1) is 23.1. The number of halogens is 1. The van der Waals surface area contributed by atoms with Crippen molar-refractivity contribution in [3.8, 4) is 0 Å². The minimum absolute atomic E-state index is 0. The number of nitro benzene ring substituents is 1. The Labute approximate surface area is 188 Å². The molecule has 0 bridgehead atoms. The van der Waals surface area contributed by atoms with Gasteiger partial charge in [-0.2, -0.15) is 0 Å². The summed E-state index contributed by atoms with van der Waals surface area (Å²) in [6, 6.07) is 17.4. The quantitative estimate of drug-likeness (QED) is 0.196. The van der Waals surface area contributed by atoms with Crippen LogP contribution in [0, 0.1) is 10.1 Å². The van der Waals surface area contributed by atoms with Gasteiger partial charge in [0.15, 0.2) is 5.96 Å². The van der Waals surface area contributed by atoms with Crippen molar-refractivity contribution in [2.75, 3.05) is 26.7 Å². The largest absolute Gasteiger partial charge is 0.354 e. The fraction of sp³-hybridized carbons (Fsp3) is 0.381. The molecule has 1 aliphatic rings. The number of benzene rings is 2. The molecule has 1 unspecified atom stereocenters. The molecule has 1 fully saturated rings. The maximum atomic E-state index is 10.8. The van der Waals surface area contributed by atoms with E-state index in [1.807, 2.05) is 6.07 Å². The predicted molar refractivity (Wildman–Crippen MR) is 127 cm³/mol. The van der Waals surface area contributed by atoms with Crippen LogP contribution in [-0.4, -0.2) is 42.5 Å². The third kappa shape index (κ3) is 6.67. The fourth-order valence-corrected chi connectivity index (χ4v) is 3.52. The van der Waals surface area contributed by atoms with Gasteiger partial charge in [-0.3, -0.25) is 20.0 Å². The van der Waals surface area contributed by atoms with E-state index in [2.05, 4.69) is 44.8 Å². The third-order valence-electron chi connectivity index (χ3n) is 5.06. The second-order valence-electron chi connectivity index (χ2n) is 6.90. The lowest BCUT2D eigenvalue weighted by atomic mass is 10.1. The van der Waals surface area contributed by atoms with E-state index in [1.54, 1.807) is 19.2 Å². The minimum Gasteiger partial charge on any atom is -0.354 e. The van der Waals surface area contributed by atoms with Gasteiger partial charge in [0.05, 0.1) is 11.0 Å². The monoisotopic (exact) mass is 509 g/mol. The van der Waals surface area contributed by atoms with Crippen molar-refractivity contribution < 1.29 is 4.92 Å². The molecule has 2 aromatic rings. The van der Waals surface area contributed by atoms with Crippen molar-refractivity contribution in [1.29, 1.82) is 0 Å². The Morgan fingerprint density at radius 2 is 1.76 bits per heavy atom. The van der Waals surface area contributed by atoms with Crippen molar-refractivity contribution >= 4 is 35.6 Å². The lowest BCUT2D eigenvalue weighted by Crippen LogP contribution is -2.42. The highest BCUT2D eigenvalue weighted by Crippen LogP contribution is 2.24. The number of nitrogens with zero attached hydrogens (tertiary/aromatic N) is 3. The molecule has 1 saturated heterocycles. The average Bonchev–Trinajstić information content (AvgIpc) is 3.26. The van der Waals surface area contributed by atoms with Crippen molar-refractivity contribution in [2.24, 2.45) is 4.99 Å². The van der Waals surface area contributed by atoms with Gasteiger partial charge < -0.3 is 10.6 Å². The first-order valence-electron chi connectivity index (χ1n) is 9.64. The van der Waals surface area contributed by atoms with Crippen molar-refractivity contribution in [2.45, 2.75) is 25.4 Å². The van der Waals surface area contributed by atoms with Crippen LogP contribution < -0.4 is 10.6 Å². The molecule has 3 rings (SSSR count). The second-order valence-corrected chi connectivity index (χ2v) is 6.90. The van der Waals surface area contributed by atoms with Crippen LogP contribution in [0.25, 0.3) is 0 Å². The molecule has 7 nitrogen and oxygen atoms in total. The summed E-state index contributed by atoms with van der Waals surface area (Å²) < 4.78 is 0. The number of nitro groups is 1. The number of likely N-dealkylation sites (tertiary alicyclic amines) is 1. The highest BCUT2D eigenvalue weighted by Gasteiger charge is 2.23. The lowest BCUT2D eigenvalue weighted by molar-refractivity contribution is -0.384. The molecule has 0 aromatic heterocycles. The van der Waals surface area contributed by atoms with E-state index < -0.39 is 0 Å². The van der Waals surface area contributed by atoms with E-state index in [-0.39, 0.29) is 34.6 Å². The Hall–Kier alpha value is -2.20. The number of hydrogen-bond donors (Lipinski definition) is 2. The smallest absolute Gasteiger partial charge is 0.269 e. The van der Waals surface area contributed by atoms with E-state index in [9.17, 15) is 10.1 Å². The van der Waals surface area contributed by atoms with Gasteiger partial charge in [-0.05, 0) is 37.1 Å². The highest BCUT2D eigenvalue weighted by molar-refractivity contribution is 14.0. The number of aliphatic imine (C=N–C) groups is 1. The van der Waals surface area contributed by atoms with E-state index in [0.717, 1.165) is 31.2 Å². The van der Waals surface area contributed by atoms with Crippen LogP contribution in [0.1, 0.15) is 30.0 Å². The van der Waals surface area contributed by atoms with Crippen LogP contribution in [0.3, 0.4) is 0 Å². The minimum atomic E-state index is -0.389. The average molecular weight is 509 g/mol. The second kappa shape index (κ2) is 11.7. The topological polar surface area (TPSA) is 82.8 Å². The van der Waals surface area contributed by atoms with Gasteiger partial charge in [-0.25, -0.2) is 0 Å². The summed E-state index contributed by atoms with van der Waals surface area (Å²) >= 11 is 0. The lowest BCUT2D eigenvalue weighted by Gasteiger charge is -2.29. The van der Waals surface area contributed by atoms with Gasteiger partial charge in [0.25, 0.3) is 5.69 Å². The molecule has 0 radical (unpaired) electrons. The Balaban J connectivity index is 0.00000300. The van der Waals surface area contributed by atoms with E-state index >= 15 is 0 Å². The van der Waals surface area contributed by atoms with E-state index in [1.165, 1.54) is 30.5 Å². The number of guanidine groups is 1. The summed E-state index contributed by atoms with van der Waals surface area (Å²) in [7, 11) is 1.75. The molecule has 8 heteroatoms. The molecule has 1 aliphatic heterocycles. The molecular formula is C21H28IN5O2. The van der Waals surface area contributed by atoms with Crippen molar-refractivity contribution in [1.82, 2.24) is 15.5 Å².